The van der Waals surface area contributed by atoms with Gasteiger partial charge >= 0.3 is 0 Å². The molecule has 1 N–H and O–H groups in total. The van der Waals surface area contributed by atoms with Crippen molar-refractivity contribution in [2.75, 3.05) is 19.7 Å². The number of rotatable bonds is 5. The first-order chi connectivity index (χ1) is 11.7. The van der Waals surface area contributed by atoms with E-state index in [0.717, 1.165) is 24.9 Å². The van der Waals surface area contributed by atoms with E-state index in [0.29, 0.717) is 18.8 Å². The van der Waals surface area contributed by atoms with E-state index in [4.69, 9.17) is 0 Å². The second-order valence-corrected chi connectivity index (χ2v) is 6.35. The van der Waals surface area contributed by atoms with E-state index < -0.39 is 6.04 Å². The van der Waals surface area contributed by atoms with E-state index in [1.165, 1.54) is 0 Å². The van der Waals surface area contributed by atoms with Crippen LogP contribution in [-0.2, 0) is 11.2 Å². The van der Waals surface area contributed by atoms with Gasteiger partial charge in [0.2, 0.25) is 5.91 Å². The number of hydrogen-bond donors (Lipinski definition) is 1. The molecule has 128 valence electrons. The van der Waals surface area contributed by atoms with E-state index >= 15 is 0 Å². The SMILES string of the molecule is Cc1nnnn1C(Cc1ccccc1)C(=O)N1CCCC(CO)C1. The molecule has 1 aromatic heterocycles. The lowest BCUT2D eigenvalue weighted by Crippen LogP contribution is -2.45. The predicted molar refractivity (Wildman–Crippen MR) is 88.1 cm³/mol. The van der Waals surface area contributed by atoms with Crippen molar-refractivity contribution in [3.8, 4) is 0 Å². The maximum atomic E-state index is 13.1. The lowest BCUT2D eigenvalue weighted by atomic mass is 9.97. The van der Waals surface area contributed by atoms with Crippen molar-refractivity contribution in [3.63, 3.8) is 0 Å². The second-order valence-electron chi connectivity index (χ2n) is 6.35. The third kappa shape index (κ3) is 3.62. The van der Waals surface area contributed by atoms with Crippen LogP contribution in [0.15, 0.2) is 30.3 Å². The van der Waals surface area contributed by atoms with Crippen molar-refractivity contribution in [1.29, 1.82) is 0 Å². The fourth-order valence-electron chi connectivity index (χ4n) is 3.27. The average Bonchev–Trinajstić information content (AvgIpc) is 3.06. The van der Waals surface area contributed by atoms with Crippen molar-refractivity contribution in [2.24, 2.45) is 5.92 Å². The lowest BCUT2D eigenvalue weighted by molar-refractivity contribution is -0.137. The molecule has 7 heteroatoms. The minimum absolute atomic E-state index is 0.0207. The maximum Gasteiger partial charge on any atom is 0.247 e. The average molecular weight is 329 g/mol. The van der Waals surface area contributed by atoms with Crippen LogP contribution < -0.4 is 0 Å². The molecular weight excluding hydrogens is 306 g/mol. The molecule has 2 atom stereocenters. The Morgan fingerprint density at radius 2 is 2.17 bits per heavy atom. The third-order valence-corrected chi connectivity index (χ3v) is 4.60. The summed E-state index contributed by atoms with van der Waals surface area (Å²) in [5.41, 5.74) is 1.07. The number of carbonyl (C=O) groups is 1. The molecule has 7 nitrogen and oxygen atoms in total. The standard InChI is InChI=1S/C17H23N5O2/c1-13-18-19-20-22(13)16(10-14-6-3-2-4-7-14)17(24)21-9-5-8-15(11-21)12-23/h2-4,6-7,15-16,23H,5,8-12H2,1H3. The molecule has 3 rings (SSSR count). The molecule has 1 amide bonds. The smallest absolute Gasteiger partial charge is 0.247 e. The summed E-state index contributed by atoms with van der Waals surface area (Å²) in [6, 6.07) is 9.44. The molecule has 24 heavy (non-hydrogen) atoms. The maximum absolute atomic E-state index is 13.1. The number of piperidine rings is 1. The summed E-state index contributed by atoms with van der Waals surface area (Å²) in [6.45, 7) is 3.25. The Kier molecular flexibility index (Phi) is 5.20. The number of tetrazole rings is 1. The van der Waals surface area contributed by atoms with Gasteiger partial charge in [-0.15, -0.1) is 5.10 Å². The van der Waals surface area contributed by atoms with Crippen molar-refractivity contribution in [2.45, 2.75) is 32.2 Å². The molecule has 2 heterocycles. The highest BCUT2D eigenvalue weighted by molar-refractivity contribution is 5.80. The van der Waals surface area contributed by atoms with Crippen LogP contribution in [-0.4, -0.2) is 55.8 Å². The number of hydrogen-bond acceptors (Lipinski definition) is 5. The minimum Gasteiger partial charge on any atom is -0.396 e. The number of likely N-dealkylation sites (tertiary alicyclic amines) is 1. The van der Waals surface area contributed by atoms with Gasteiger partial charge in [-0.2, -0.15) is 0 Å². The molecule has 0 bridgehead atoms. The van der Waals surface area contributed by atoms with Gasteiger partial charge in [0.25, 0.3) is 0 Å². The van der Waals surface area contributed by atoms with E-state index in [1.807, 2.05) is 35.2 Å². The largest absolute Gasteiger partial charge is 0.396 e. The molecule has 1 aliphatic heterocycles. The Morgan fingerprint density at radius 3 is 2.83 bits per heavy atom. The first-order valence-corrected chi connectivity index (χ1v) is 8.37. The first-order valence-electron chi connectivity index (χ1n) is 8.37. The van der Waals surface area contributed by atoms with Gasteiger partial charge in [-0.1, -0.05) is 30.3 Å². The van der Waals surface area contributed by atoms with Crippen LogP contribution in [0.1, 0.15) is 30.3 Å². The normalized spacial score (nSPS) is 19.2. The van der Waals surface area contributed by atoms with Gasteiger partial charge in [0.05, 0.1) is 0 Å². The van der Waals surface area contributed by atoms with E-state index in [2.05, 4.69) is 15.5 Å². The van der Waals surface area contributed by atoms with Crippen LogP contribution in [0.25, 0.3) is 0 Å². The molecule has 1 aromatic carbocycles. The second kappa shape index (κ2) is 7.53. The molecule has 0 spiro atoms. The van der Waals surface area contributed by atoms with Gasteiger partial charge in [0.15, 0.2) is 0 Å². The van der Waals surface area contributed by atoms with E-state index in [1.54, 1.807) is 11.6 Å². The summed E-state index contributed by atoms with van der Waals surface area (Å²) in [7, 11) is 0. The fraction of sp³-hybridized carbons (Fsp3) is 0.529. The number of aliphatic hydroxyl groups excluding tert-OH is 1. The molecule has 1 saturated heterocycles. The summed E-state index contributed by atoms with van der Waals surface area (Å²) < 4.78 is 1.61. The quantitative estimate of drug-likeness (QED) is 0.884. The van der Waals surface area contributed by atoms with Gasteiger partial charge in [-0.3, -0.25) is 4.79 Å². The van der Waals surface area contributed by atoms with Crippen LogP contribution in [0, 0.1) is 12.8 Å². The predicted octanol–water partition coefficient (Wildman–Crippen LogP) is 0.996. The summed E-state index contributed by atoms with van der Waals surface area (Å²) in [4.78, 5) is 15.0. The van der Waals surface area contributed by atoms with Gasteiger partial charge in [0, 0.05) is 26.1 Å². The summed E-state index contributed by atoms with van der Waals surface area (Å²) in [5.74, 6) is 0.808. The molecule has 0 saturated carbocycles. The number of amides is 1. The molecule has 1 aliphatic rings. The van der Waals surface area contributed by atoms with Crippen LogP contribution in [0.2, 0.25) is 0 Å². The number of aromatic nitrogens is 4. The van der Waals surface area contributed by atoms with Crippen LogP contribution in [0.3, 0.4) is 0 Å². The number of carbonyl (C=O) groups excluding carboxylic acids is 1. The number of aliphatic hydroxyl groups is 1. The van der Waals surface area contributed by atoms with Gasteiger partial charge < -0.3 is 10.0 Å². The van der Waals surface area contributed by atoms with Crippen LogP contribution >= 0.6 is 0 Å². The molecule has 0 aliphatic carbocycles. The Balaban J connectivity index is 1.84. The van der Waals surface area contributed by atoms with Gasteiger partial charge in [0.1, 0.15) is 11.9 Å². The van der Waals surface area contributed by atoms with Crippen LogP contribution in [0.4, 0.5) is 0 Å². The molecule has 2 unspecified atom stereocenters. The van der Waals surface area contributed by atoms with Crippen molar-refractivity contribution < 1.29 is 9.90 Å². The Hall–Kier alpha value is -2.28. The van der Waals surface area contributed by atoms with Gasteiger partial charge in [-0.05, 0) is 41.7 Å². The topological polar surface area (TPSA) is 84.1 Å². The zero-order chi connectivity index (χ0) is 16.9. The zero-order valence-electron chi connectivity index (χ0n) is 13.9. The Labute approximate surface area is 141 Å². The van der Waals surface area contributed by atoms with Gasteiger partial charge in [-0.25, -0.2) is 4.68 Å². The number of aryl methyl sites for hydroxylation is 1. The van der Waals surface area contributed by atoms with Crippen LogP contribution in [0.5, 0.6) is 0 Å². The lowest BCUT2D eigenvalue weighted by Gasteiger charge is -2.34. The highest BCUT2D eigenvalue weighted by Crippen LogP contribution is 2.22. The highest BCUT2D eigenvalue weighted by Gasteiger charge is 2.31. The summed E-state index contributed by atoms with van der Waals surface area (Å²) in [5, 5.41) is 21.1. The Bertz CT molecular complexity index is 673. The van der Waals surface area contributed by atoms with E-state index in [-0.39, 0.29) is 18.4 Å². The molecular formula is C17H23N5O2. The number of nitrogens with zero attached hydrogens (tertiary/aromatic N) is 5. The number of benzene rings is 1. The van der Waals surface area contributed by atoms with Crippen molar-refractivity contribution in [1.82, 2.24) is 25.1 Å². The minimum atomic E-state index is -0.458. The summed E-state index contributed by atoms with van der Waals surface area (Å²) >= 11 is 0. The van der Waals surface area contributed by atoms with E-state index in [9.17, 15) is 9.90 Å². The monoisotopic (exact) mass is 329 g/mol. The fourth-order valence-corrected chi connectivity index (χ4v) is 3.27. The molecule has 0 radical (unpaired) electrons. The highest BCUT2D eigenvalue weighted by atomic mass is 16.3. The molecule has 2 aromatic rings. The zero-order valence-corrected chi connectivity index (χ0v) is 13.9. The van der Waals surface area contributed by atoms with Crippen molar-refractivity contribution in [3.05, 3.63) is 41.7 Å². The molecule has 1 fully saturated rings. The summed E-state index contributed by atoms with van der Waals surface area (Å²) in [6.07, 6.45) is 2.43. The first kappa shape index (κ1) is 16.6. The van der Waals surface area contributed by atoms with Crippen molar-refractivity contribution >= 4 is 5.91 Å². The third-order valence-electron chi connectivity index (χ3n) is 4.60. The Morgan fingerprint density at radius 1 is 1.38 bits per heavy atom.